The molecule has 1 saturated heterocycles. The number of hydrogen-bond acceptors (Lipinski definition) is 5. The van der Waals surface area contributed by atoms with Gasteiger partial charge in [-0.3, -0.25) is 4.84 Å². The van der Waals surface area contributed by atoms with Crippen LogP contribution in [0.2, 0.25) is 0 Å². The largest absolute Gasteiger partial charge is 0.573 e. The number of hydrogen-bond donors (Lipinski definition) is 2. The SMILES string of the molecule is O=C(NCC1CCCCC1)NOC1CCN(S(=O)(=O)c2ccc(OC(F)(F)F)cc2)CC1. The van der Waals surface area contributed by atoms with Crippen molar-refractivity contribution >= 4 is 16.1 Å². The molecule has 0 radical (unpaired) electrons. The lowest BCUT2D eigenvalue weighted by atomic mass is 9.89. The number of urea groups is 1. The van der Waals surface area contributed by atoms with Crippen molar-refractivity contribution in [1.29, 1.82) is 0 Å². The first-order chi connectivity index (χ1) is 15.1. The first-order valence-electron chi connectivity index (χ1n) is 10.7. The Morgan fingerprint density at radius 3 is 2.25 bits per heavy atom. The first-order valence-corrected chi connectivity index (χ1v) is 12.1. The van der Waals surface area contributed by atoms with Crippen LogP contribution in [0, 0.1) is 5.92 Å². The van der Waals surface area contributed by atoms with Crippen molar-refractivity contribution < 1.29 is 36.0 Å². The van der Waals surface area contributed by atoms with Crippen molar-refractivity contribution in [3.8, 4) is 5.75 Å². The van der Waals surface area contributed by atoms with Gasteiger partial charge in [-0.2, -0.15) is 4.31 Å². The van der Waals surface area contributed by atoms with E-state index < -0.39 is 28.2 Å². The highest BCUT2D eigenvalue weighted by molar-refractivity contribution is 7.89. The van der Waals surface area contributed by atoms with Gasteiger partial charge in [0.1, 0.15) is 5.75 Å². The number of ether oxygens (including phenoxy) is 1. The molecule has 1 aliphatic carbocycles. The lowest BCUT2D eigenvalue weighted by molar-refractivity contribution is -0.274. The lowest BCUT2D eigenvalue weighted by Gasteiger charge is -2.30. The summed E-state index contributed by atoms with van der Waals surface area (Å²) in [5.41, 5.74) is 2.38. The fraction of sp³-hybridized carbons (Fsp3) is 0.650. The Morgan fingerprint density at radius 1 is 1.03 bits per heavy atom. The van der Waals surface area contributed by atoms with E-state index in [0.717, 1.165) is 37.1 Å². The number of alkyl halides is 3. The second-order valence-corrected chi connectivity index (χ2v) is 9.99. The van der Waals surface area contributed by atoms with E-state index >= 15 is 0 Å². The molecule has 1 aliphatic heterocycles. The molecule has 0 bridgehead atoms. The molecule has 1 aromatic carbocycles. The molecule has 1 heterocycles. The lowest BCUT2D eigenvalue weighted by Crippen LogP contribution is -2.45. The smallest absolute Gasteiger partial charge is 0.406 e. The average Bonchev–Trinajstić information content (AvgIpc) is 2.76. The van der Waals surface area contributed by atoms with Gasteiger partial charge < -0.3 is 10.1 Å². The minimum absolute atomic E-state index is 0.119. The Hall–Kier alpha value is -2.05. The molecule has 1 saturated carbocycles. The number of halogens is 3. The van der Waals surface area contributed by atoms with Gasteiger partial charge in [-0.15, -0.1) is 13.2 Å². The predicted molar refractivity (Wildman–Crippen MR) is 109 cm³/mol. The number of sulfonamides is 1. The zero-order valence-corrected chi connectivity index (χ0v) is 18.4. The molecule has 0 spiro atoms. The van der Waals surface area contributed by atoms with Gasteiger partial charge in [-0.05, 0) is 55.9 Å². The van der Waals surface area contributed by atoms with E-state index in [1.807, 2.05) is 0 Å². The molecule has 2 N–H and O–H groups in total. The second-order valence-electron chi connectivity index (χ2n) is 8.06. The Bertz CT molecular complexity index is 850. The van der Waals surface area contributed by atoms with E-state index in [1.54, 1.807) is 0 Å². The number of amides is 2. The Labute approximate surface area is 185 Å². The minimum atomic E-state index is -4.84. The van der Waals surface area contributed by atoms with Crippen molar-refractivity contribution in [2.75, 3.05) is 19.6 Å². The van der Waals surface area contributed by atoms with Crippen LogP contribution in [0.25, 0.3) is 0 Å². The van der Waals surface area contributed by atoms with Gasteiger partial charge in [0.2, 0.25) is 10.0 Å². The zero-order chi connectivity index (χ0) is 23.2. The second kappa shape index (κ2) is 10.7. The number of piperidine rings is 1. The number of hydroxylamine groups is 1. The van der Waals surface area contributed by atoms with Gasteiger partial charge in [0, 0.05) is 19.6 Å². The van der Waals surface area contributed by atoms with Gasteiger partial charge in [0.25, 0.3) is 0 Å². The fourth-order valence-electron chi connectivity index (χ4n) is 3.95. The zero-order valence-electron chi connectivity index (χ0n) is 17.6. The van der Waals surface area contributed by atoms with Crippen LogP contribution in [-0.4, -0.2) is 50.9 Å². The van der Waals surface area contributed by atoms with E-state index in [0.29, 0.717) is 25.3 Å². The molecule has 2 aliphatic rings. The molecule has 0 aromatic heterocycles. The standard InChI is InChI=1S/C20H28F3N3O5S/c21-20(22,23)30-16-6-8-18(9-7-16)32(28,29)26-12-10-17(11-13-26)31-25-19(27)24-14-15-4-2-1-3-5-15/h6-9,15,17H,1-5,10-14H2,(H2,24,25,27). The van der Waals surface area contributed by atoms with Crippen LogP contribution in [0.1, 0.15) is 44.9 Å². The summed E-state index contributed by atoms with van der Waals surface area (Å²) in [6, 6.07) is 3.68. The number of carbonyl (C=O) groups is 1. The van der Waals surface area contributed by atoms with Crippen molar-refractivity contribution in [1.82, 2.24) is 15.1 Å². The average molecular weight is 480 g/mol. The van der Waals surface area contributed by atoms with E-state index in [4.69, 9.17) is 4.84 Å². The molecule has 12 heteroatoms. The third kappa shape index (κ3) is 7.24. The first kappa shape index (κ1) is 24.6. The summed E-state index contributed by atoms with van der Waals surface area (Å²) in [4.78, 5) is 17.2. The van der Waals surface area contributed by atoms with E-state index in [9.17, 15) is 26.4 Å². The Morgan fingerprint density at radius 2 is 1.66 bits per heavy atom. The van der Waals surface area contributed by atoms with E-state index in [1.165, 1.54) is 23.6 Å². The third-order valence-corrected chi connectivity index (χ3v) is 7.60. The predicted octanol–water partition coefficient (Wildman–Crippen LogP) is 3.55. The maximum atomic E-state index is 12.7. The van der Waals surface area contributed by atoms with Gasteiger partial charge in [0.15, 0.2) is 0 Å². The summed E-state index contributed by atoms with van der Waals surface area (Å²) in [5.74, 6) is 0.00781. The third-order valence-electron chi connectivity index (χ3n) is 5.69. The van der Waals surface area contributed by atoms with Gasteiger partial charge >= 0.3 is 12.4 Å². The van der Waals surface area contributed by atoms with Crippen LogP contribution in [0.3, 0.4) is 0 Å². The maximum Gasteiger partial charge on any atom is 0.573 e. The van der Waals surface area contributed by atoms with Gasteiger partial charge in [-0.1, -0.05) is 19.3 Å². The van der Waals surface area contributed by atoms with E-state index in [-0.39, 0.29) is 24.1 Å². The van der Waals surface area contributed by atoms with Crippen LogP contribution >= 0.6 is 0 Å². The summed E-state index contributed by atoms with van der Waals surface area (Å²) in [5, 5.41) is 2.80. The van der Waals surface area contributed by atoms with Crippen LogP contribution in [0.15, 0.2) is 29.2 Å². The molecule has 0 unspecified atom stereocenters. The molecule has 2 amide bonds. The monoisotopic (exact) mass is 479 g/mol. The van der Waals surface area contributed by atoms with Crippen LogP contribution < -0.4 is 15.5 Å². The molecule has 0 atom stereocenters. The minimum Gasteiger partial charge on any atom is -0.406 e. The normalized spacial score (nSPS) is 19.5. The molecule has 3 rings (SSSR count). The highest BCUT2D eigenvalue weighted by Crippen LogP contribution is 2.27. The van der Waals surface area contributed by atoms with Gasteiger partial charge in [0.05, 0.1) is 11.0 Å². The number of nitrogens with one attached hydrogen (secondary N) is 2. The molecule has 8 nitrogen and oxygen atoms in total. The molecule has 2 fully saturated rings. The molecule has 32 heavy (non-hydrogen) atoms. The number of rotatable bonds is 7. The molecule has 180 valence electrons. The summed E-state index contributed by atoms with van der Waals surface area (Å²) < 4.78 is 67.2. The summed E-state index contributed by atoms with van der Waals surface area (Å²) in [6.07, 6.45) is 1.44. The van der Waals surface area contributed by atoms with Crippen molar-refractivity contribution in [2.45, 2.75) is 62.3 Å². The van der Waals surface area contributed by atoms with Crippen molar-refractivity contribution in [3.05, 3.63) is 24.3 Å². The van der Waals surface area contributed by atoms with Crippen LogP contribution in [0.5, 0.6) is 5.75 Å². The van der Waals surface area contributed by atoms with Crippen molar-refractivity contribution in [3.63, 3.8) is 0 Å². The summed E-state index contributed by atoms with van der Waals surface area (Å²) in [7, 11) is -3.86. The molecule has 1 aromatic rings. The molecular weight excluding hydrogens is 451 g/mol. The number of carbonyl (C=O) groups excluding carboxylic acids is 1. The highest BCUT2D eigenvalue weighted by Gasteiger charge is 2.32. The molecular formula is C20H28F3N3O5S. The van der Waals surface area contributed by atoms with Gasteiger partial charge in [-0.25, -0.2) is 18.7 Å². The summed E-state index contributed by atoms with van der Waals surface area (Å²) in [6.45, 7) is 0.942. The summed E-state index contributed by atoms with van der Waals surface area (Å²) >= 11 is 0. The topological polar surface area (TPSA) is 97.0 Å². The maximum absolute atomic E-state index is 12.7. The Kier molecular flexibility index (Phi) is 8.23. The Balaban J connectivity index is 1.41. The fourth-order valence-corrected chi connectivity index (χ4v) is 5.42. The highest BCUT2D eigenvalue weighted by atomic mass is 32.2. The quantitative estimate of drug-likeness (QED) is 0.583. The van der Waals surface area contributed by atoms with Crippen LogP contribution in [-0.2, 0) is 14.9 Å². The number of nitrogens with zero attached hydrogens (tertiary/aromatic N) is 1. The van der Waals surface area contributed by atoms with Crippen molar-refractivity contribution in [2.24, 2.45) is 5.92 Å². The number of benzene rings is 1. The van der Waals surface area contributed by atoms with E-state index in [2.05, 4.69) is 15.5 Å². The van der Waals surface area contributed by atoms with Crippen LogP contribution in [0.4, 0.5) is 18.0 Å².